The fourth-order valence-corrected chi connectivity index (χ4v) is 1.93. The number of nitriles is 1. The third-order valence-electron chi connectivity index (χ3n) is 2.87. The summed E-state index contributed by atoms with van der Waals surface area (Å²) in [6, 6.07) is 12.7. The number of hydrogen-bond acceptors (Lipinski definition) is 4. The van der Waals surface area contributed by atoms with Gasteiger partial charge in [0.15, 0.2) is 0 Å². The standard InChI is InChI=1S/C16H14ClN3O2/c17-15-6-2-1-4-12(15)9-19-10-13(8-18)16(21)20-11-14-5-3-7-22-14/h1-7,10,19H,9,11H2,(H,20,21)/b13-10-. The van der Waals surface area contributed by atoms with E-state index in [2.05, 4.69) is 10.6 Å². The van der Waals surface area contributed by atoms with Gasteiger partial charge in [-0.1, -0.05) is 29.8 Å². The summed E-state index contributed by atoms with van der Waals surface area (Å²) >= 11 is 6.03. The van der Waals surface area contributed by atoms with Crippen LogP contribution in [0.25, 0.3) is 0 Å². The summed E-state index contributed by atoms with van der Waals surface area (Å²) in [6.07, 6.45) is 2.90. The summed E-state index contributed by atoms with van der Waals surface area (Å²) in [5.41, 5.74) is 0.868. The Balaban J connectivity index is 1.89. The Bertz CT molecular complexity index is 702. The first kappa shape index (κ1) is 15.7. The van der Waals surface area contributed by atoms with E-state index in [1.807, 2.05) is 24.3 Å². The molecule has 1 aromatic heterocycles. The third kappa shape index (κ3) is 4.40. The van der Waals surface area contributed by atoms with Gasteiger partial charge in [-0.25, -0.2) is 0 Å². The van der Waals surface area contributed by atoms with Gasteiger partial charge in [-0.15, -0.1) is 0 Å². The minimum atomic E-state index is -0.467. The van der Waals surface area contributed by atoms with Gasteiger partial charge in [-0.05, 0) is 23.8 Å². The number of furan rings is 1. The topological polar surface area (TPSA) is 78.1 Å². The molecule has 2 rings (SSSR count). The Labute approximate surface area is 133 Å². The molecule has 0 saturated carbocycles. The van der Waals surface area contributed by atoms with Gasteiger partial charge in [0, 0.05) is 17.8 Å². The van der Waals surface area contributed by atoms with Crippen LogP contribution in [-0.2, 0) is 17.9 Å². The second-order valence-corrected chi connectivity index (χ2v) is 4.81. The highest BCUT2D eigenvalue weighted by molar-refractivity contribution is 6.31. The van der Waals surface area contributed by atoms with E-state index in [-0.39, 0.29) is 12.1 Å². The largest absolute Gasteiger partial charge is 0.467 e. The molecule has 0 unspecified atom stereocenters. The van der Waals surface area contributed by atoms with E-state index < -0.39 is 5.91 Å². The van der Waals surface area contributed by atoms with E-state index in [1.165, 1.54) is 12.5 Å². The predicted molar refractivity (Wildman–Crippen MR) is 82.5 cm³/mol. The lowest BCUT2D eigenvalue weighted by Crippen LogP contribution is -2.25. The summed E-state index contributed by atoms with van der Waals surface area (Å²) in [4.78, 5) is 11.9. The zero-order valence-electron chi connectivity index (χ0n) is 11.7. The van der Waals surface area contributed by atoms with Crippen molar-refractivity contribution in [1.82, 2.24) is 10.6 Å². The van der Waals surface area contributed by atoms with Crippen molar-refractivity contribution in [2.45, 2.75) is 13.1 Å². The Morgan fingerprint density at radius 1 is 1.27 bits per heavy atom. The van der Waals surface area contributed by atoms with Crippen molar-refractivity contribution in [2.75, 3.05) is 0 Å². The smallest absolute Gasteiger partial charge is 0.263 e. The molecule has 2 N–H and O–H groups in total. The molecule has 1 aromatic carbocycles. The Kier molecular flexibility index (Phi) is 5.64. The molecule has 6 heteroatoms. The van der Waals surface area contributed by atoms with Crippen molar-refractivity contribution in [3.8, 4) is 6.07 Å². The maximum atomic E-state index is 11.9. The van der Waals surface area contributed by atoms with Gasteiger partial charge in [-0.3, -0.25) is 4.79 Å². The lowest BCUT2D eigenvalue weighted by molar-refractivity contribution is -0.117. The number of halogens is 1. The van der Waals surface area contributed by atoms with Gasteiger partial charge in [0.2, 0.25) is 0 Å². The van der Waals surface area contributed by atoms with Gasteiger partial charge in [0.05, 0.1) is 12.8 Å². The van der Waals surface area contributed by atoms with Crippen LogP contribution in [0.1, 0.15) is 11.3 Å². The summed E-state index contributed by atoms with van der Waals surface area (Å²) in [7, 11) is 0. The molecule has 2 aromatic rings. The van der Waals surface area contributed by atoms with Crippen LogP contribution < -0.4 is 10.6 Å². The maximum absolute atomic E-state index is 11.9. The molecular formula is C16H14ClN3O2. The van der Waals surface area contributed by atoms with Crippen molar-refractivity contribution in [2.24, 2.45) is 0 Å². The van der Waals surface area contributed by atoms with Gasteiger partial charge >= 0.3 is 0 Å². The highest BCUT2D eigenvalue weighted by Crippen LogP contribution is 2.14. The Hall–Kier alpha value is -2.71. The first-order valence-electron chi connectivity index (χ1n) is 6.58. The Morgan fingerprint density at radius 3 is 2.77 bits per heavy atom. The second-order valence-electron chi connectivity index (χ2n) is 4.40. The molecule has 0 aliphatic rings. The molecule has 0 bridgehead atoms. The minimum Gasteiger partial charge on any atom is -0.467 e. The molecule has 112 valence electrons. The molecule has 0 fully saturated rings. The van der Waals surface area contributed by atoms with Gasteiger partial charge < -0.3 is 15.1 Å². The van der Waals surface area contributed by atoms with Crippen molar-refractivity contribution in [3.63, 3.8) is 0 Å². The number of carbonyl (C=O) groups is 1. The summed E-state index contributed by atoms with van der Waals surface area (Å²) in [6.45, 7) is 0.658. The van der Waals surface area contributed by atoms with Gasteiger partial charge in [0.1, 0.15) is 17.4 Å². The number of nitrogens with one attached hydrogen (secondary N) is 2. The lowest BCUT2D eigenvalue weighted by Gasteiger charge is -2.05. The molecule has 0 radical (unpaired) electrons. The average Bonchev–Trinajstić information content (AvgIpc) is 3.04. The van der Waals surface area contributed by atoms with E-state index in [0.29, 0.717) is 17.3 Å². The molecule has 1 amide bonds. The average molecular weight is 316 g/mol. The zero-order chi connectivity index (χ0) is 15.8. The van der Waals surface area contributed by atoms with Crippen LogP contribution in [-0.4, -0.2) is 5.91 Å². The molecule has 0 atom stereocenters. The number of amides is 1. The van der Waals surface area contributed by atoms with E-state index in [9.17, 15) is 4.79 Å². The van der Waals surface area contributed by atoms with E-state index in [4.69, 9.17) is 21.3 Å². The number of hydrogen-bond donors (Lipinski definition) is 2. The second kappa shape index (κ2) is 7.91. The summed E-state index contributed by atoms with van der Waals surface area (Å²) in [5, 5.41) is 15.2. The molecule has 0 spiro atoms. The molecular weight excluding hydrogens is 302 g/mol. The quantitative estimate of drug-likeness (QED) is 0.634. The molecule has 1 heterocycles. The van der Waals surface area contributed by atoms with E-state index in [1.54, 1.807) is 18.2 Å². The lowest BCUT2D eigenvalue weighted by atomic mass is 10.2. The zero-order valence-corrected chi connectivity index (χ0v) is 12.4. The predicted octanol–water partition coefficient (Wildman–Crippen LogP) is 2.75. The van der Waals surface area contributed by atoms with Crippen LogP contribution in [0.4, 0.5) is 0 Å². The van der Waals surface area contributed by atoms with E-state index in [0.717, 1.165) is 5.56 Å². The highest BCUT2D eigenvalue weighted by Gasteiger charge is 2.09. The molecule has 0 saturated heterocycles. The first-order chi connectivity index (χ1) is 10.7. The van der Waals surface area contributed by atoms with Crippen LogP contribution in [0.2, 0.25) is 5.02 Å². The Morgan fingerprint density at radius 2 is 2.09 bits per heavy atom. The first-order valence-corrected chi connectivity index (χ1v) is 6.96. The third-order valence-corrected chi connectivity index (χ3v) is 3.23. The summed E-state index contributed by atoms with van der Waals surface area (Å²) in [5.74, 6) is 0.153. The molecule has 0 aliphatic carbocycles. The minimum absolute atomic E-state index is 0.0152. The van der Waals surface area contributed by atoms with Crippen molar-refractivity contribution < 1.29 is 9.21 Å². The number of nitrogens with zero attached hydrogens (tertiary/aromatic N) is 1. The fraction of sp³-hybridized carbons (Fsp3) is 0.125. The van der Waals surface area contributed by atoms with Crippen LogP contribution in [0.15, 0.2) is 58.9 Å². The monoisotopic (exact) mass is 315 g/mol. The normalized spacial score (nSPS) is 10.8. The van der Waals surface area contributed by atoms with Crippen molar-refractivity contribution in [1.29, 1.82) is 5.26 Å². The molecule has 22 heavy (non-hydrogen) atoms. The molecule has 5 nitrogen and oxygen atoms in total. The van der Waals surface area contributed by atoms with E-state index >= 15 is 0 Å². The van der Waals surface area contributed by atoms with Crippen molar-refractivity contribution in [3.05, 3.63) is 70.8 Å². The van der Waals surface area contributed by atoms with Gasteiger partial charge in [0.25, 0.3) is 5.91 Å². The maximum Gasteiger partial charge on any atom is 0.263 e. The number of rotatable bonds is 6. The van der Waals surface area contributed by atoms with Crippen molar-refractivity contribution >= 4 is 17.5 Å². The van der Waals surface area contributed by atoms with Gasteiger partial charge in [-0.2, -0.15) is 5.26 Å². The summed E-state index contributed by atoms with van der Waals surface area (Å²) < 4.78 is 5.10. The number of benzene rings is 1. The van der Waals surface area contributed by atoms with Crippen LogP contribution in [0, 0.1) is 11.3 Å². The highest BCUT2D eigenvalue weighted by atomic mass is 35.5. The SMILES string of the molecule is N#C/C(=C/NCc1ccccc1Cl)C(=O)NCc1ccco1. The van der Waals surface area contributed by atoms with Crippen LogP contribution in [0.3, 0.4) is 0 Å². The van der Waals surface area contributed by atoms with Crippen LogP contribution in [0.5, 0.6) is 0 Å². The molecule has 0 aliphatic heterocycles. The van der Waals surface area contributed by atoms with Crippen LogP contribution >= 0.6 is 11.6 Å². The number of carbonyl (C=O) groups excluding carboxylic acids is 1. The fourth-order valence-electron chi connectivity index (χ4n) is 1.73.